The molecule has 0 aliphatic rings. The molecule has 0 aromatic heterocycles. The molecule has 0 saturated carbocycles. The van der Waals surface area contributed by atoms with E-state index in [1.807, 2.05) is 0 Å². The highest BCUT2D eigenvalue weighted by atomic mass is 35.5. The van der Waals surface area contributed by atoms with E-state index in [2.05, 4.69) is 5.32 Å². The third kappa shape index (κ3) is 4.17. The lowest BCUT2D eigenvalue weighted by atomic mass is 10.1. The molecule has 0 aliphatic carbocycles. The van der Waals surface area contributed by atoms with Crippen LogP contribution in [0.5, 0.6) is 0 Å². The Hall–Kier alpha value is -3.19. The fourth-order valence-corrected chi connectivity index (χ4v) is 2.07. The molecule has 7 nitrogen and oxygen atoms in total. The van der Waals surface area contributed by atoms with Crippen LogP contribution in [0.4, 0.5) is 11.4 Å². The fraction of sp³-hybridized carbons (Fsp3) is 0. The second-order valence-corrected chi connectivity index (χ2v) is 5.04. The van der Waals surface area contributed by atoms with E-state index >= 15 is 0 Å². The molecule has 2 aromatic carbocycles. The van der Waals surface area contributed by atoms with Crippen LogP contribution in [-0.4, -0.2) is 21.9 Å². The van der Waals surface area contributed by atoms with Gasteiger partial charge in [-0.3, -0.25) is 14.9 Å². The zero-order chi connectivity index (χ0) is 17.7. The van der Waals surface area contributed by atoms with Gasteiger partial charge < -0.3 is 10.4 Å². The van der Waals surface area contributed by atoms with Gasteiger partial charge in [-0.2, -0.15) is 0 Å². The van der Waals surface area contributed by atoms with Crippen molar-refractivity contribution in [2.45, 2.75) is 0 Å². The molecule has 2 aromatic rings. The summed E-state index contributed by atoms with van der Waals surface area (Å²) >= 11 is 5.93. The standard InChI is InChI=1S/C16H11ClN2O5/c17-13-7-6-11(19(23)24)9-10(13)5-8-15(20)18-14-4-2-1-3-12(14)16(21)22/h1-9H,(H,18,20)(H,21,22). The Balaban J connectivity index is 2.19. The van der Waals surface area contributed by atoms with Gasteiger partial charge in [-0.15, -0.1) is 0 Å². The number of nitro groups is 1. The number of aromatic carboxylic acids is 1. The first-order valence-corrected chi connectivity index (χ1v) is 7.01. The van der Waals surface area contributed by atoms with E-state index in [9.17, 15) is 19.7 Å². The van der Waals surface area contributed by atoms with Gasteiger partial charge >= 0.3 is 5.97 Å². The van der Waals surface area contributed by atoms with Gasteiger partial charge in [0.2, 0.25) is 5.91 Å². The van der Waals surface area contributed by atoms with Gasteiger partial charge in [-0.25, -0.2) is 4.79 Å². The Labute approximate surface area is 141 Å². The molecule has 0 fully saturated rings. The lowest BCUT2D eigenvalue weighted by Crippen LogP contribution is -2.11. The summed E-state index contributed by atoms with van der Waals surface area (Å²) in [6.45, 7) is 0. The Morgan fingerprint density at radius 1 is 1.21 bits per heavy atom. The molecule has 0 spiro atoms. The number of nitrogens with one attached hydrogen (secondary N) is 1. The van der Waals surface area contributed by atoms with E-state index in [0.29, 0.717) is 5.56 Å². The minimum atomic E-state index is -1.17. The van der Waals surface area contributed by atoms with Crippen molar-refractivity contribution in [3.63, 3.8) is 0 Å². The van der Waals surface area contributed by atoms with Gasteiger partial charge in [0.25, 0.3) is 5.69 Å². The largest absolute Gasteiger partial charge is 0.478 e. The minimum absolute atomic E-state index is 0.0485. The average Bonchev–Trinajstić information content (AvgIpc) is 2.54. The molecule has 0 saturated heterocycles. The molecule has 0 atom stereocenters. The van der Waals surface area contributed by atoms with Crippen LogP contribution in [0.2, 0.25) is 5.02 Å². The van der Waals surface area contributed by atoms with Gasteiger partial charge in [0.15, 0.2) is 0 Å². The van der Waals surface area contributed by atoms with Crippen LogP contribution in [-0.2, 0) is 4.79 Å². The average molecular weight is 347 g/mol. The van der Waals surface area contributed by atoms with E-state index in [4.69, 9.17) is 16.7 Å². The summed E-state index contributed by atoms with van der Waals surface area (Å²) in [5.74, 6) is -1.76. The molecule has 2 N–H and O–H groups in total. The van der Waals surface area contributed by atoms with Crippen LogP contribution in [0.1, 0.15) is 15.9 Å². The maximum absolute atomic E-state index is 11.9. The number of amides is 1. The lowest BCUT2D eigenvalue weighted by Gasteiger charge is -2.06. The van der Waals surface area contributed by atoms with Crippen LogP contribution in [0.25, 0.3) is 6.08 Å². The predicted octanol–water partition coefficient (Wildman–Crippen LogP) is 3.60. The van der Waals surface area contributed by atoms with Crippen LogP contribution in [0, 0.1) is 10.1 Å². The Bertz CT molecular complexity index is 848. The van der Waals surface area contributed by atoms with E-state index in [1.165, 1.54) is 42.5 Å². The number of carbonyl (C=O) groups excluding carboxylic acids is 1. The first-order chi connectivity index (χ1) is 11.4. The highest BCUT2D eigenvalue weighted by molar-refractivity contribution is 6.32. The number of hydrogen-bond acceptors (Lipinski definition) is 4. The molecule has 1 amide bonds. The smallest absolute Gasteiger partial charge is 0.337 e. The Morgan fingerprint density at radius 2 is 1.92 bits per heavy atom. The maximum Gasteiger partial charge on any atom is 0.337 e. The van der Waals surface area contributed by atoms with Gasteiger partial charge in [0.1, 0.15) is 0 Å². The van der Waals surface area contributed by atoms with Gasteiger partial charge in [-0.05, 0) is 24.3 Å². The Morgan fingerprint density at radius 3 is 2.58 bits per heavy atom. The van der Waals surface area contributed by atoms with Gasteiger partial charge in [-0.1, -0.05) is 23.7 Å². The summed E-state index contributed by atoms with van der Waals surface area (Å²) in [5, 5.41) is 22.5. The number of benzene rings is 2. The third-order valence-corrected chi connectivity index (χ3v) is 3.36. The van der Waals surface area contributed by atoms with Crippen LogP contribution >= 0.6 is 11.6 Å². The molecular weight excluding hydrogens is 336 g/mol. The van der Waals surface area contributed by atoms with Crippen molar-refractivity contribution in [3.8, 4) is 0 Å². The fourth-order valence-electron chi connectivity index (χ4n) is 1.89. The van der Waals surface area contributed by atoms with Crippen LogP contribution < -0.4 is 5.32 Å². The summed E-state index contributed by atoms with van der Waals surface area (Å²) in [5.41, 5.74) is 0.237. The second kappa shape index (κ2) is 7.38. The molecule has 8 heteroatoms. The predicted molar refractivity (Wildman–Crippen MR) is 89.2 cm³/mol. The molecular formula is C16H11ClN2O5. The number of non-ortho nitro benzene ring substituents is 1. The topological polar surface area (TPSA) is 110 Å². The molecule has 0 radical (unpaired) electrons. The van der Waals surface area contributed by atoms with Crippen molar-refractivity contribution in [3.05, 3.63) is 74.8 Å². The summed E-state index contributed by atoms with van der Waals surface area (Å²) in [6, 6.07) is 9.78. The third-order valence-electron chi connectivity index (χ3n) is 3.02. The number of para-hydroxylation sites is 1. The molecule has 0 unspecified atom stereocenters. The number of nitro benzene ring substituents is 1. The highest BCUT2D eigenvalue weighted by Gasteiger charge is 2.11. The van der Waals surface area contributed by atoms with Gasteiger partial charge in [0.05, 0.1) is 16.2 Å². The monoisotopic (exact) mass is 346 g/mol. The summed E-state index contributed by atoms with van der Waals surface area (Å²) in [4.78, 5) is 33.2. The minimum Gasteiger partial charge on any atom is -0.478 e. The first-order valence-electron chi connectivity index (χ1n) is 6.64. The number of halogens is 1. The molecule has 24 heavy (non-hydrogen) atoms. The molecule has 0 aliphatic heterocycles. The number of carboxylic acids is 1. The number of rotatable bonds is 5. The molecule has 122 valence electrons. The number of carboxylic acid groups (broad SMARTS) is 1. The summed E-state index contributed by atoms with van der Waals surface area (Å²) < 4.78 is 0. The molecule has 2 rings (SSSR count). The summed E-state index contributed by atoms with van der Waals surface area (Å²) in [7, 11) is 0. The normalized spacial score (nSPS) is 10.5. The number of nitrogens with zero attached hydrogens (tertiary/aromatic N) is 1. The van der Waals surface area contributed by atoms with Crippen molar-refractivity contribution in [2.75, 3.05) is 5.32 Å². The number of carbonyl (C=O) groups is 2. The quantitative estimate of drug-likeness (QED) is 0.488. The zero-order valence-electron chi connectivity index (χ0n) is 12.1. The zero-order valence-corrected chi connectivity index (χ0v) is 12.9. The molecule has 0 heterocycles. The SMILES string of the molecule is O=C(C=Cc1cc([N+](=O)[O-])ccc1Cl)Nc1ccccc1C(=O)O. The van der Waals surface area contributed by atoms with E-state index in [0.717, 1.165) is 6.08 Å². The van der Waals surface area contributed by atoms with E-state index < -0.39 is 16.8 Å². The second-order valence-electron chi connectivity index (χ2n) is 4.64. The van der Waals surface area contributed by atoms with Gasteiger partial charge in [0, 0.05) is 28.8 Å². The van der Waals surface area contributed by atoms with E-state index in [1.54, 1.807) is 6.07 Å². The van der Waals surface area contributed by atoms with E-state index in [-0.39, 0.29) is 22.0 Å². The lowest BCUT2D eigenvalue weighted by molar-refractivity contribution is -0.384. The Kier molecular flexibility index (Phi) is 5.28. The summed E-state index contributed by atoms with van der Waals surface area (Å²) in [6.07, 6.45) is 2.43. The first kappa shape index (κ1) is 17.2. The highest BCUT2D eigenvalue weighted by Crippen LogP contribution is 2.23. The van der Waals surface area contributed by atoms with Crippen LogP contribution in [0.15, 0.2) is 48.5 Å². The van der Waals surface area contributed by atoms with Crippen molar-refractivity contribution >= 4 is 40.9 Å². The van der Waals surface area contributed by atoms with Crippen molar-refractivity contribution in [1.82, 2.24) is 0 Å². The van der Waals surface area contributed by atoms with Crippen molar-refractivity contribution in [2.24, 2.45) is 0 Å². The number of hydrogen-bond donors (Lipinski definition) is 2. The molecule has 0 bridgehead atoms. The maximum atomic E-state index is 11.9. The van der Waals surface area contributed by atoms with Crippen LogP contribution in [0.3, 0.4) is 0 Å². The van der Waals surface area contributed by atoms with Crippen molar-refractivity contribution in [1.29, 1.82) is 0 Å². The van der Waals surface area contributed by atoms with Crippen molar-refractivity contribution < 1.29 is 19.6 Å². The number of anilines is 1.